The summed E-state index contributed by atoms with van der Waals surface area (Å²) < 4.78 is 39.9. The van der Waals surface area contributed by atoms with Gasteiger partial charge in [-0.25, -0.2) is 4.98 Å². The highest BCUT2D eigenvalue weighted by atomic mass is 19.4. The SMILES string of the molecule is CN(C)CC1(NC(=O)[C@@H]2CCCN(c3ncccc3C(F)(F)F)C2)CCC1. The number of aromatic nitrogens is 1. The summed E-state index contributed by atoms with van der Waals surface area (Å²) in [6.45, 7) is 1.53. The minimum absolute atomic E-state index is 0.0502. The molecule has 1 atom stereocenters. The van der Waals surface area contributed by atoms with Gasteiger partial charge in [-0.05, 0) is 58.3 Å². The molecule has 8 heteroatoms. The van der Waals surface area contributed by atoms with Crippen molar-refractivity contribution in [3.63, 3.8) is 0 Å². The highest BCUT2D eigenvalue weighted by Gasteiger charge is 2.41. The monoisotopic (exact) mass is 384 g/mol. The topological polar surface area (TPSA) is 48.5 Å². The molecule has 1 aliphatic heterocycles. The first-order valence-electron chi connectivity index (χ1n) is 9.44. The fourth-order valence-electron chi connectivity index (χ4n) is 4.15. The number of anilines is 1. The second-order valence-electron chi connectivity index (χ2n) is 8.02. The van der Waals surface area contributed by atoms with Gasteiger partial charge in [0.05, 0.1) is 17.0 Å². The lowest BCUT2D eigenvalue weighted by Crippen LogP contribution is -2.61. The number of alkyl halides is 3. The molecule has 5 nitrogen and oxygen atoms in total. The molecular formula is C19H27F3N4O. The van der Waals surface area contributed by atoms with E-state index in [0.29, 0.717) is 19.4 Å². The molecule has 0 aromatic carbocycles. The van der Waals surface area contributed by atoms with Crippen LogP contribution in [0.1, 0.15) is 37.7 Å². The standard InChI is InChI=1S/C19H27F3N4O/c1-25(2)13-18(8-5-9-18)24-17(27)14-6-4-11-26(12-14)16-15(19(20,21)22)7-3-10-23-16/h3,7,10,14H,4-6,8-9,11-13H2,1-2H3,(H,24,27)/t14-/m1/s1. The number of carbonyl (C=O) groups excluding carboxylic acids is 1. The molecule has 1 saturated heterocycles. The zero-order chi connectivity index (χ0) is 19.7. The molecule has 1 aliphatic carbocycles. The first-order chi connectivity index (χ1) is 12.7. The highest BCUT2D eigenvalue weighted by molar-refractivity contribution is 5.80. The van der Waals surface area contributed by atoms with E-state index >= 15 is 0 Å². The van der Waals surface area contributed by atoms with Gasteiger partial charge in [-0.1, -0.05) is 0 Å². The molecule has 2 fully saturated rings. The Hall–Kier alpha value is -1.83. The Labute approximate surface area is 157 Å². The molecular weight excluding hydrogens is 357 g/mol. The number of hydrogen-bond acceptors (Lipinski definition) is 4. The van der Waals surface area contributed by atoms with Gasteiger partial charge >= 0.3 is 6.18 Å². The third-order valence-corrected chi connectivity index (χ3v) is 5.50. The Balaban J connectivity index is 1.71. The summed E-state index contributed by atoms with van der Waals surface area (Å²) in [5.74, 6) is -0.443. The van der Waals surface area contributed by atoms with Crippen LogP contribution >= 0.6 is 0 Å². The first kappa shape index (κ1) is 19.9. The number of halogens is 3. The van der Waals surface area contributed by atoms with Crippen molar-refractivity contribution in [2.75, 3.05) is 38.6 Å². The van der Waals surface area contributed by atoms with Gasteiger partial charge in [0.1, 0.15) is 5.82 Å². The number of nitrogens with zero attached hydrogens (tertiary/aromatic N) is 3. The minimum atomic E-state index is -4.46. The quantitative estimate of drug-likeness (QED) is 0.848. The van der Waals surface area contributed by atoms with Crippen molar-refractivity contribution >= 4 is 11.7 Å². The Morgan fingerprint density at radius 2 is 2.11 bits per heavy atom. The molecule has 0 bridgehead atoms. The zero-order valence-electron chi connectivity index (χ0n) is 15.9. The smallest absolute Gasteiger partial charge is 0.355 e. The maximum atomic E-state index is 13.3. The van der Waals surface area contributed by atoms with Gasteiger partial charge in [0.15, 0.2) is 0 Å². The number of carbonyl (C=O) groups is 1. The second kappa shape index (κ2) is 7.66. The number of rotatable bonds is 5. The average molecular weight is 384 g/mol. The third kappa shape index (κ3) is 4.54. The van der Waals surface area contributed by atoms with Crippen molar-refractivity contribution in [2.45, 2.75) is 43.8 Å². The molecule has 1 saturated carbocycles. The van der Waals surface area contributed by atoms with Gasteiger partial charge in [-0.3, -0.25) is 4.79 Å². The van der Waals surface area contributed by atoms with E-state index in [1.807, 2.05) is 14.1 Å². The second-order valence-corrected chi connectivity index (χ2v) is 8.02. The summed E-state index contributed by atoms with van der Waals surface area (Å²) >= 11 is 0. The van der Waals surface area contributed by atoms with Crippen LogP contribution in [-0.4, -0.2) is 55.1 Å². The van der Waals surface area contributed by atoms with Gasteiger partial charge in [-0.2, -0.15) is 13.2 Å². The Morgan fingerprint density at radius 3 is 2.70 bits per heavy atom. The number of nitrogens with one attached hydrogen (secondary N) is 1. The molecule has 2 heterocycles. The number of hydrogen-bond donors (Lipinski definition) is 1. The van der Waals surface area contributed by atoms with E-state index in [1.165, 1.54) is 12.3 Å². The van der Waals surface area contributed by atoms with Gasteiger partial charge in [0, 0.05) is 25.8 Å². The Bertz CT molecular complexity index is 673. The van der Waals surface area contributed by atoms with Crippen LogP contribution in [0, 0.1) is 5.92 Å². The predicted octanol–water partition coefficient (Wildman–Crippen LogP) is 2.92. The molecule has 1 aromatic heterocycles. The van der Waals surface area contributed by atoms with Crippen LogP contribution in [0.25, 0.3) is 0 Å². The van der Waals surface area contributed by atoms with Crippen molar-refractivity contribution in [3.05, 3.63) is 23.9 Å². The van der Waals surface area contributed by atoms with E-state index in [-0.39, 0.29) is 29.7 Å². The van der Waals surface area contributed by atoms with Crippen LogP contribution in [0.2, 0.25) is 0 Å². The van der Waals surface area contributed by atoms with E-state index in [0.717, 1.165) is 31.9 Å². The van der Waals surface area contributed by atoms with Gasteiger partial charge < -0.3 is 15.1 Å². The number of pyridine rings is 1. The van der Waals surface area contributed by atoms with Gasteiger partial charge in [-0.15, -0.1) is 0 Å². The molecule has 3 rings (SSSR count). The summed E-state index contributed by atoms with van der Waals surface area (Å²) in [7, 11) is 3.96. The van der Waals surface area contributed by atoms with Crippen molar-refractivity contribution in [1.29, 1.82) is 0 Å². The van der Waals surface area contributed by atoms with Crippen LogP contribution in [0.5, 0.6) is 0 Å². The van der Waals surface area contributed by atoms with Crippen LogP contribution in [0.15, 0.2) is 18.3 Å². The molecule has 1 N–H and O–H groups in total. The van der Waals surface area contributed by atoms with E-state index in [1.54, 1.807) is 4.90 Å². The maximum Gasteiger partial charge on any atom is 0.419 e. The van der Waals surface area contributed by atoms with Crippen molar-refractivity contribution in [1.82, 2.24) is 15.2 Å². The molecule has 1 aromatic rings. The number of amides is 1. The molecule has 150 valence electrons. The molecule has 2 aliphatic rings. The summed E-state index contributed by atoms with van der Waals surface area (Å²) in [6, 6.07) is 2.34. The van der Waals surface area contributed by atoms with E-state index in [2.05, 4.69) is 15.2 Å². The van der Waals surface area contributed by atoms with Crippen molar-refractivity contribution in [2.24, 2.45) is 5.92 Å². The highest BCUT2D eigenvalue weighted by Crippen LogP contribution is 2.37. The third-order valence-electron chi connectivity index (χ3n) is 5.50. The largest absolute Gasteiger partial charge is 0.419 e. The maximum absolute atomic E-state index is 13.3. The van der Waals surface area contributed by atoms with Crippen molar-refractivity contribution < 1.29 is 18.0 Å². The Morgan fingerprint density at radius 1 is 1.37 bits per heavy atom. The molecule has 0 spiro atoms. The zero-order valence-corrected chi connectivity index (χ0v) is 15.9. The normalized spacial score (nSPS) is 22.4. The number of likely N-dealkylation sites (N-methyl/N-ethyl adjacent to an activating group) is 1. The van der Waals surface area contributed by atoms with Crippen molar-refractivity contribution in [3.8, 4) is 0 Å². The lowest BCUT2D eigenvalue weighted by molar-refractivity contribution is -0.137. The van der Waals surface area contributed by atoms with E-state index in [9.17, 15) is 18.0 Å². The van der Waals surface area contributed by atoms with Crippen LogP contribution < -0.4 is 10.2 Å². The molecule has 1 amide bonds. The van der Waals surface area contributed by atoms with Crippen LogP contribution in [0.4, 0.5) is 19.0 Å². The van der Waals surface area contributed by atoms with E-state index in [4.69, 9.17) is 0 Å². The fourth-order valence-corrected chi connectivity index (χ4v) is 4.15. The van der Waals surface area contributed by atoms with Crippen LogP contribution in [0.3, 0.4) is 0 Å². The Kier molecular flexibility index (Phi) is 5.65. The molecule has 27 heavy (non-hydrogen) atoms. The lowest BCUT2D eigenvalue weighted by Gasteiger charge is -2.45. The van der Waals surface area contributed by atoms with E-state index < -0.39 is 11.7 Å². The number of piperidine rings is 1. The molecule has 0 unspecified atom stereocenters. The van der Waals surface area contributed by atoms with Gasteiger partial charge in [0.25, 0.3) is 0 Å². The first-order valence-corrected chi connectivity index (χ1v) is 9.44. The predicted molar refractivity (Wildman–Crippen MR) is 97.5 cm³/mol. The minimum Gasteiger partial charge on any atom is -0.355 e. The fraction of sp³-hybridized carbons (Fsp3) is 0.684. The summed E-state index contributed by atoms with van der Waals surface area (Å²) in [5.41, 5.74) is -0.931. The van der Waals surface area contributed by atoms with Gasteiger partial charge in [0.2, 0.25) is 5.91 Å². The summed E-state index contributed by atoms with van der Waals surface area (Å²) in [4.78, 5) is 20.5. The lowest BCUT2D eigenvalue weighted by atomic mass is 9.76. The summed E-state index contributed by atoms with van der Waals surface area (Å²) in [5, 5.41) is 3.20. The molecule has 0 radical (unpaired) electrons. The summed E-state index contributed by atoms with van der Waals surface area (Å²) in [6.07, 6.45) is 1.27. The van der Waals surface area contributed by atoms with Crippen LogP contribution in [-0.2, 0) is 11.0 Å². The average Bonchev–Trinajstić information content (AvgIpc) is 2.58.